The zero-order valence-electron chi connectivity index (χ0n) is 14.5. The Morgan fingerprint density at radius 1 is 1.18 bits per heavy atom. The van der Waals surface area contributed by atoms with Gasteiger partial charge in [0.25, 0.3) is 0 Å². The lowest BCUT2D eigenvalue weighted by Crippen LogP contribution is -2.19. The predicted molar refractivity (Wildman–Crippen MR) is 114 cm³/mol. The number of nitrogens with one attached hydrogen (secondary N) is 1. The maximum absolute atomic E-state index is 11.8. The highest BCUT2D eigenvalue weighted by molar-refractivity contribution is 9.10. The highest BCUT2D eigenvalue weighted by Crippen LogP contribution is 2.31. The molecule has 3 aromatic rings. The summed E-state index contributed by atoms with van der Waals surface area (Å²) in [6.45, 7) is 0.248. The first-order chi connectivity index (χ1) is 13.5. The minimum absolute atomic E-state index is 0.174. The van der Waals surface area contributed by atoms with Gasteiger partial charge < -0.3 is 9.15 Å². The number of carbonyl (C=O) groups is 1. The molecule has 0 aliphatic rings. The monoisotopic (exact) mass is 480 g/mol. The summed E-state index contributed by atoms with van der Waals surface area (Å²) in [7, 11) is 0. The van der Waals surface area contributed by atoms with E-state index in [1.807, 2.05) is 24.3 Å². The van der Waals surface area contributed by atoms with E-state index in [1.165, 1.54) is 6.21 Å². The number of furan rings is 1. The van der Waals surface area contributed by atoms with Gasteiger partial charge in [-0.2, -0.15) is 5.10 Å². The third-order valence-electron chi connectivity index (χ3n) is 3.60. The van der Waals surface area contributed by atoms with E-state index in [9.17, 15) is 4.79 Å². The molecule has 1 amide bonds. The molecule has 28 heavy (non-hydrogen) atoms. The van der Waals surface area contributed by atoms with Crippen LogP contribution in [0.4, 0.5) is 0 Å². The maximum atomic E-state index is 11.8. The first-order valence-corrected chi connectivity index (χ1v) is 9.82. The van der Waals surface area contributed by atoms with Gasteiger partial charge in [-0.15, -0.1) is 0 Å². The molecule has 0 aliphatic carbocycles. The van der Waals surface area contributed by atoms with Gasteiger partial charge in [-0.3, -0.25) is 4.79 Å². The Balaban J connectivity index is 1.48. The molecule has 0 unspecified atom stereocenters. The lowest BCUT2D eigenvalue weighted by molar-refractivity contribution is -0.121. The van der Waals surface area contributed by atoms with E-state index in [-0.39, 0.29) is 18.9 Å². The van der Waals surface area contributed by atoms with Crippen LogP contribution in [-0.4, -0.2) is 18.7 Å². The molecule has 0 atom stereocenters. The van der Waals surface area contributed by atoms with Gasteiger partial charge in [0.15, 0.2) is 0 Å². The lowest BCUT2D eigenvalue weighted by atomic mass is 10.2. The number of amides is 1. The van der Waals surface area contributed by atoms with Gasteiger partial charge in [0.1, 0.15) is 17.3 Å². The van der Waals surface area contributed by atoms with Crippen molar-refractivity contribution < 1.29 is 13.9 Å². The van der Waals surface area contributed by atoms with Crippen molar-refractivity contribution in [2.24, 2.45) is 5.10 Å². The van der Waals surface area contributed by atoms with E-state index in [2.05, 4.69) is 26.5 Å². The molecular formula is C20H15BrCl2N2O3. The van der Waals surface area contributed by atoms with Crippen LogP contribution in [0.15, 0.2) is 68.6 Å². The Morgan fingerprint density at radius 2 is 2.04 bits per heavy atom. The van der Waals surface area contributed by atoms with E-state index in [0.29, 0.717) is 27.3 Å². The molecule has 8 heteroatoms. The average Bonchev–Trinajstić information content (AvgIpc) is 3.10. The highest BCUT2D eigenvalue weighted by atomic mass is 79.9. The molecule has 0 fully saturated rings. The van der Waals surface area contributed by atoms with Crippen LogP contribution in [0.5, 0.6) is 5.75 Å². The molecule has 0 bridgehead atoms. The van der Waals surface area contributed by atoms with Crippen molar-refractivity contribution in [2.45, 2.75) is 6.42 Å². The first-order valence-electron chi connectivity index (χ1n) is 8.27. The van der Waals surface area contributed by atoms with Crippen LogP contribution in [0.1, 0.15) is 12.2 Å². The van der Waals surface area contributed by atoms with Gasteiger partial charge in [-0.25, -0.2) is 5.43 Å². The zero-order chi connectivity index (χ0) is 19.9. The minimum Gasteiger partial charge on any atom is -0.493 e. The number of halogens is 3. The molecule has 1 N–H and O–H groups in total. The Kier molecular flexibility index (Phi) is 7.14. The molecule has 0 saturated heterocycles. The topological polar surface area (TPSA) is 63.8 Å². The van der Waals surface area contributed by atoms with Crippen molar-refractivity contribution in [2.75, 3.05) is 6.61 Å². The van der Waals surface area contributed by atoms with Crippen LogP contribution in [0, 0.1) is 0 Å². The molecule has 0 saturated carbocycles. The lowest BCUT2D eigenvalue weighted by Gasteiger charge is -2.05. The van der Waals surface area contributed by atoms with Crippen LogP contribution in [0.2, 0.25) is 10.0 Å². The maximum Gasteiger partial charge on any atom is 0.243 e. The van der Waals surface area contributed by atoms with Crippen molar-refractivity contribution in [3.8, 4) is 17.1 Å². The summed E-state index contributed by atoms with van der Waals surface area (Å²) in [5.74, 6) is 1.48. The number of nitrogens with zero attached hydrogens (tertiary/aromatic N) is 1. The Labute approximate surface area is 180 Å². The van der Waals surface area contributed by atoms with Gasteiger partial charge in [0.05, 0.1) is 24.3 Å². The normalized spacial score (nSPS) is 11.0. The summed E-state index contributed by atoms with van der Waals surface area (Å²) in [5.41, 5.74) is 3.16. The van der Waals surface area contributed by atoms with Gasteiger partial charge >= 0.3 is 0 Å². The fourth-order valence-electron chi connectivity index (χ4n) is 2.30. The molecule has 0 spiro atoms. The fraction of sp³-hybridized carbons (Fsp3) is 0.100. The summed E-state index contributed by atoms with van der Waals surface area (Å²) in [6.07, 6.45) is 1.59. The molecule has 5 nitrogen and oxygen atoms in total. The molecule has 0 aliphatic heterocycles. The van der Waals surface area contributed by atoms with Crippen LogP contribution in [0.3, 0.4) is 0 Å². The number of hydrogen-bond acceptors (Lipinski definition) is 4. The molecule has 2 aromatic carbocycles. The summed E-state index contributed by atoms with van der Waals surface area (Å²) in [4.78, 5) is 11.8. The van der Waals surface area contributed by atoms with Crippen LogP contribution in [0.25, 0.3) is 11.3 Å². The molecule has 144 valence electrons. The number of ether oxygens (including phenoxy) is 1. The van der Waals surface area contributed by atoms with Crippen molar-refractivity contribution in [3.63, 3.8) is 0 Å². The fourth-order valence-corrected chi connectivity index (χ4v) is 3.18. The third-order valence-corrected chi connectivity index (χ3v) is 4.64. The number of hydrazone groups is 1. The second-order valence-electron chi connectivity index (χ2n) is 5.68. The first kappa shape index (κ1) is 20.5. The van der Waals surface area contributed by atoms with E-state index in [0.717, 1.165) is 10.0 Å². The Hall–Kier alpha value is -2.28. The number of hydrogen-bond donors (Lipinski definition) is 1. The highest BCUT2D eigenvalue weighted by Gasteiger charge is 2.08. The number of carbonyl (C=O) groups excluding carboxylic acids is 1. The van der Waals surface area contributed by atoms with Crippen LogP contribution < -0.4 is 10.2 Å². The molecular weight excluding hydrogens is 467 g/mol. The van der Waals surface area contributed by atoms with Crippen LogP contribution in [-0.2, 0) is 4.79 Å². The molecule has 1 aromatic heterocycles. The van der Waals surface area contributed by atoms with E-state index in [4.69, 9.17) is 32.4 Å². The summed E-state index contributed by atoms with van der Waals surface area (Å²) in [6, 6.07) is 16.1. The molecule has 1 heterocycles. The third kappa shape index (κ3) is 5.86. The van der Waals surface area contributed by atoms with E-state index in [1.54, 1.807) is 30.3 Å². The SMILES string of the molecule is O=C(CCOc1cccc(Br)c1)N/N=C\c1ccc(-c2ccc(Cl)cc2Cl)o1. The zero-order valence-corrected chi connectivity index (χ0v) is 17.6. The van der Waals surface area contributed by atoms with Crippen molar-refractivity contribution in [1.82, 2.24) is 5.43 Å². The largest absolute Gasteiger partial charge is 0.493 e. The van der Waals surface area contributed by atoms with E-state index < -0.39 is 0 Å². The van der Waals surface area contributed by atoms with Gasteiger partial charge in [-0.05, 0) is 48.5 Å². The standard InChI is InChI=1S/C20H15BrCl2N2O3/c21-13-2-1-3-15(10-13)27-9-8-20(26)25-24-12-16-5-7-19(28-16)17-6-4-14(22)11-18(17)23/h1-7,10-12H,8-9H2,(H,25,26)/b24-12-. The van der Waals surface area contributed by atoms with Gasteiger partial charge in [0.2, 0.25) is 5.91 Å². The summed E-state index contributed by atoms with van der Waals surface area (Å²) in [5, 5.41) is 4.93. The number of benzene rings is 2. The Bertz CT molecular complexity index is 1000. The smallest absolute Gasteiger partial charge is 0.243 e. The molecule has 0 radical (unpaired) electrons. The Morgan fingerprint density at radius 3 is 2.82 bits per heavy atom. The second-order valence-corrected chi connectivity index (χ2v) is 7.43. The summed E-state index contributed by atoms with van der Waals surface area (Å²) >= 11 is 15.4. The van der Waals surface area contributed by atoms with Gasteiger partial charge in [0, 0.05) is 15.1 Å². The van der Waals surface area contributed by atoms with Crippen molar-refractivity contribution >= 4 is 51.3 Å². The summed E-state index contributed by atoms with van der Waals surface area (Å²) < 4.78 is 12.1. The average molecular weight is 482 g/mol. The van der Waals surface area contributed by atoms with Crippen molar-refractivity contribution in [1.29, 1.82) is 0 Å². The van der Waals surface area contributed by atoms with E-state index >= 15 is 0 Å². The van der Waals surface area contributed by atoms with Crippen molar-refractivity contribution in [3.05, 3.63) is 74.9 Å². The molecule has 3 rings (SSSR count). The quantitative estimate of drug-likeness (QED) is 0.335. The van der Waals surface area contributed by atoms with Gasteiger partial charge in [-0.1, -0.05) is 45.2 Å². The predicted octanol–water partition coefficient (Wildman–Crippen LogP) is 5.94. The number of rotatable bonds is 7. The van der Waals surface area contributed by atoms with Crippen LogP contribution >= 0.6 is 39.1 Å². The minimum atomic E-state index is -0.265. The second kappa shape index (κ2) is 9.78.